The molecule has 1 aromatic rings. The van der Waals surface area contributed by atoms with Crippen LogP contribution in [0.4, 0.5) is 13.2 Å². The molecule has 0 aromatic heterocycles. The summed E-state index contributed by atoms with van der Waals surface area (Å²) in [7, 11) is -4.95. The fourth-order valence-electron chi connectivity index (χ4n) is 1.32. The van der Waals surface area contributed by atoms with E-state index in [2.05, 4.69) is 8.92 Å². The lowest BCUT2D eigenvalue weighted by atomic mass is 10.1. The summed E-state index contributed by atoms with van der Waals surface area (Å²) in [6.07, 6.45) is -2.25. The summed E-state index contributed by atoms with van der Waals surface area (Å²) in [6, 6.07) is 7.85. The first kappa shape index (κ1) is 16.4. The van der Waals surface area contributed by atoms with Crippen molar-refractivity contribution in [3.63, 3.8) is 0 Å². The number of ether oxygens (including phenoxy) is 1. The Morgan fingerprint density at radius 2 is 1.80 bits per heavy atom. The standard InChI is InChI=1S/C11H11F3O5S/c1-18-10(15)9(7-8-5-3-2-4-6-8)19-20(16,17)11(12,13)14/h2-6,9H,7H2,1H3/t9-/m1/s1. The second kappa shape index (κ2) is 6.23. The number of alkyl halides is 3. The zero-order valence-electron chi connectivity index (χ0n) is 10.3. The summed E-state index contributed by atoms with van der Waals surface area (Å²) in [6.45, 7) is 0. The summed E-state index contributed by atoms with van der Waals surface area (Å²) >= 11 is 0. The summed E-state index contributed by atoms with van der Waals surface area (Å²) in [5.41, 5.74) is -5.17. The van der Waals surface area contributed by atoms with Crippen LogP contribution in [0.2, 0.25) is 0 Å². The van der Waals surface area contributed by atoms with Crippen LogP contribution >= 0.6 is 0 Å². The van der Waals surface area contributed by atoms with E-state index in [4.69, 9.17) is 0 Å². The number of hydrogen-bond acceptors (Lipinski definition) is 5. The first-order valence-electron chi connectivity index (χ1n) is 5.28. The maximum absolute atomic E-state index is 12.2. The minimum Gasteiger partial charge on any atom is -0.467 e. The third kappa shape index (κ3) is 4.20. The van der Waals surface area contributed by atoms with Gasteiger partial charge in [-0.05, 0) is 5.56 Å². The van der Waals surface area contributed by atoms with Gasteiger partial charge in [-0.3, -0.25) is 0 Å². The molecule has 0 spiro atoms. The van der Waals surface area contributed by atoms with E-state index < -0.39 is 27.7 Å². The predicted molar refractivity (Wildman–Crippen MR) is 62.0 cm³/mol. The van der Waals surface area contributed by atoms with Crippen molar-refractivity contribution in [3.8, 4) is 0 Å². The molecule has 0 N–H and O–H groups in total. The molecule has 1 atom stereocenters. The average Bonchev–Trinajstić information content (AvgIpc) is 2.36. The maximum atomic E-state index is 12.2. The Hall–Kier alpha value is -1.61. The third-order valence-corrected chi connectivity index (χ3v) is 3.31. The largest absolute Gasteiger partial charge is 0.523 e. The van der Waals surface area contributed by atoms with Gasteiger partial charge in [-0.2, -0.15) is 21.6 Å². The van der Waals surface area contributed by atoms with Crippen LogP contribution in [0.15, 0.2) is 30.3 Å². The zero-order valence-corrected chi connectivity index (χ0v) is 11.1. The number of esters is 1. The molecule has 0 bridgehead atoms. The predicted octanol–water partition coefficient (Wildman–Crippen LogP) is 1.64. The number of benzene rings is 1. The lowest BCUT2D eigenvalue weighted by Crippen LogP contribution is -2.36. The lowest BCUT2D eigenvalue weighted by molar-refractivity contribution is -0.149. The number of halogens is 3. The molecular formula is C11H11F3O5S. The molecule has 5 nitrogen and oxygen atoms in total. The second-order valence-corrected chi connectivity index (χ2v) is 5.26. The molecule has 9 heteroatoms. The summed E-state index contributed by atoms with van der Waals surface area (Å²) in [4.78, 5) is 11.3. The fraction of sp³-hybridized carbons (Fsp3) is 0.364. The van der Waals surface area contributed by atoms with Crippen LogP contribution in [-0.4, -0.2) is 33.1 Å². The lowest BCUT2D eigenvalue weighted by Gasteiger charge is -2.16. The van der Waals surface area contributed by atoms with Crippen molar-refractivity contribution >= 4 is 16.1 Å². The molecule has 0 fully saturated rings. The van der Waals surface area contributed by atoms with Gasteiger partial charge in [-0.25, -0.2) is 8.98 Å². The van der Waals surface area contributed by atoms with Gasteiger partial charge >= 0.3 is 21.6 Å². The molecule has 0 saturated heterocycles. The van der Waals surface area contributed by atoms with Gasteiger partial charge in [-0.15, -0.1) is 0 Å². The SMILES string of the molecule is COC(=O)[C@@H](Cc1ccccc1)OS(=O)(=O)C(F)(F)F. The van der Waals surface area contributed by atoms with Crippen molar-refractivity contribution < 1.29 is 35.3 Å². The average molecular weight is 312 g/mol. The van der Waals surface area contributed by atoms with Crippen LogP contribution in [0.3, 0.4) is 0 Å². The fourth-order valence-corrected chi connectivity index (χ4v) is 1.89. The van der Waals surface area contributed by atoms with Gasteiger partial charge < -0.3 is 4.74 Å². The summed E-state index contributed by atoms with van der Waals surface area (Å²) < 4.78 is 66.7. The van der Waals surface area contributed by atoms with Crippen LogP contribution in [0.1, 0.15) is 5.56 Å². The van der Waals surface area contributed by atoms with Crippen molar-refractivity contribution in [1.82, 2.24) is 0 Å². The Morgan fingerprint density at radius 1 is 1.25 bits per heavy atom. The molecule has 1 rings (SSSR count). The number of carbonyl (C=O) groups is 1. The Bertz CT molecular complexity index is 553. The first-order chi connectivity index (χ1) is 9.17. The highest BCUT2D eigenvalue weighted by Crippen LogP contribution is 2.26. The quantitative estimate of drug-likeness (QED) is 0.469. The van der Waals surface area contributed by atoms with Crippen molar-refractivity contribution in [3.05, 3.63) is 35.9 Å². The molecule has 0 heterocycles. The van der Waals surface area contributed by atoms with Crippen molar-refractivity contribution in [2.24, 2.45) is 0 Å². The highest BCUT2D eigenvalue weighted by Gasteiger charge is 2.49. The van der Waals surface area contributed by atoms with E-state index in [-0.39, 0.29) is 6.42 Å². The van der Waals surface area contributed by atoms with Crippen molar-refractivity contribution in [2.45, 2.75) is 18.0 Å². The van der Waals surface area contributed by atoms with E-state index >= 15 is 0 Å². The van der Waals surface area contributed by atoms with E-state index in [1.54, 1.807) is 18.2 Å². The molecule has 0 aliphatic rings. The van der Waals surface area contributed by atoms with Crippen LogP contribution < -0.4 is 0 Å². The molecule has 112 valence electrons. The second-order valence-electron chi connectivity index (χ2n) is 3.70. The van der Waals surface area contributed by atoms with Gasteiger partial charge in [0.25, 0.3) is 0 Å². The van der Waals surface area contributed by atoms with Crippen LogP contribution in [0.25, 0.3) is 0 Å². The number of rotatable bonds is 5. The van der Waals surface area contributed by atoms with Crippen LogP contribution in [0.5, 0.6) is 0 Å². The van der Waals surface area contributed by atoms with Gasteiger partial charge in [0.15, 0.2) is 6.10 Å². The van der Waals surface area contributed by atoms with E-state index in [1.807, 2.05) is 0 Å². The Kier molecular flexibility index (Phi) is 5.12. The van der Waals surface area contributed by atoms with E-state index in [1.165, 1.54) is 12.1 Å². The molecule has 0 amide bonds. The number of hydrogen-bond donors (Lipinski definition) is 0. The number of methoxy groups -OCH3 is 1. The Balaban J connectivity index is 2.95. The Labute approximate surface area is 113 Å². The molecule has 1 aromatic carbocycles. The molecule has 20 heavy (non-hydrogen) atoms. The van der Waals surface area contributed by atoms with Gasteiger partial charge in [0.1, 0.15) is 0 Å². The topological polar surface area (TPSA) is 69.7 Å². The van der Waals surface area contributed by atoms with Crippen LogP contribution in [-0.2, 0) is 30.3 Å². The minimum absolute atomic E-state index is 0.358. The zero-order chi connectivity index (χ0) is 15.4. The molecule has 0 unspecified atom stereocenters. The maximum Gasteiger partial charge on any atom is 0.523 e. The van der Waals surface area contributed by atoms with Crippen molar-refractivity contribution in [2.75, 3.05) is 7.11 Å². The van der Waals surface area contributed by atoms with Gasteiger partial charge in [0.05, 0.1) is 7.11 Å². The monoisotopic (exact) mass is 312 g/mol. The minimum atomic E-state index is -5.87. The smallest absolute Gasteiger partial charge is 0.467 e. The first-order valence-corrected chi connectivity index (χ1v) is 6.69. The summed E-state index contributed by atoms with van der Waals surface area (Å²) in [5.74, 6) is -1.21. The van der Waals surface area contributed by atoms with E-state index in [0.717, 1.165) is 7.11 Å². The Morgan fingerprint density at radius 3 is 2.25 bits per heavy atom. The molecule has 0 aliphatic heterocycles. The molecule has 0 aliphatic carbocycles. The highest BCUT2D eigenvalue weighted by atomic mass is 32.2. The highest BCUT2D eigenvalue weighted by molar-refractivity contribution is 7.87. The normalized spacial score (nSPS) is 13.8. The van der Waals surface area contributed by atoms with E-state index in [9.17, 15) is 26.4 Å². The third-order valence-electron chi connectivity index (χ3n) is 2.25. The molecule has 0 radical (unpaired) electrons. The van der Waals surface area contributed by atoms with Gasteiger partial charge in [0, 0.05) is 6.42 Å². The van der Waals surface area contributed by atoms with Crippen molar-refractivity contribution in [1.29, 1.82) is 0 Å². The van der Waals surface area contributed by atoms with Gasteiger partial charge in [0.2, 0.25) is 0 Å². The van der Waals surface area contributed by atoms with E-state index in [0.29, 0.717) is 5.56 Å². The molecule has 0 saturated carbocycles. The molecular weight excluding hydrogens is 301 g/mol. The summed E-state index contributed by atoms with van der Waals surface area (Å²) in [5, 5.41) is 0. The van der Waals surface area contributed by atoms with Gasteiger partial charge in [-0.1, -0.05) is 30.3 Å². The van der Waals surface area contributed by atoms with Crippen LogP contribution in [0, 0.1) is 0 Å². The number of carbonyl (C=O) groups excluding carboxylic acids is 1.